The number of phenols is 1. The summed E-state index contributed by atoms with van der Waals surface area (Å²) in [6, 6.07) is 12.1. The Morgan fingerprint density at radius 2 is 1.65 bits per heavy atom. The number of hydrogen-bond acceptors (Lipinski definition) is 6. The Labute approximate surface area is 189 Å². The predicted octanol–water partition coefficient (Wildman–Crippen LogP) is 4.81. The molecule has 170 valence electrons. The van der Waals surface area contributed by atoms with Crippen molar-refractivity contribution in [3.8, 4) is 39.8 Å². The number of alkyl halides is 3. The monoisotopic (exact) mass is 466 g/mol. The van der Waals surface area contributed by atoms with E-state index in [0.29, 0.717) is 23.1 Å². The Morgan fingerprint density at radius 3 is 2.38 bits per heavy atom. The van der Waals surface area contributed by atoms with Crippen molar-refractivity contribution in [3.63, 3.8) is 0 Å². The number of aromatic nitrogens is 6. The zero-order valence-electron chi connectivity index (χ0n) is 17.2. The number of hydrogen-bond donors (Lipinski definition) is 1. The quantitative estimate of drug-likeness (QED) is 0.382. The van der Waals surface area contributed by atoms with Gasteiger partial charge in [-0.25, -0.2) is 14.4 Å². The van der Waals surface area contributed by atoms with Crippen LogP contribution in [0, 0.1) is 5.82 Å². The summed E-state index contributed by atoms with van der Waals surface area (Å²) < 4.78 is 55.6. The maximum Gasteiger partial charge on any atom is 0.417 e. The normalized spacial score (nSPS) is 11.8. The topological polar surface area (TPSA) is 89.6 Å². The highest BCUT2D eigenvalue weighted by Crippen LogP contribution is 2.38. The number of halogens is 4. The van der Waals surface area contributed by atoms with Gasteiger partial charge in [-0.2, -0.15) is 28.5 Å². The average molecular weight is 466 g/mol. The van der Waals surface area contributed by atoms with Crippen molar-refractivity contribution in [3.05, 3.63) is 84.1 Å². The summed E-state index contributed by atoms with van der Waals surface area (Å²) in [5.41, 5.74) is 0.530. The molecule has 0 spiro atoms. The van der Waals surface area contributed by atoms with Crippen LogP contribution >= 0.6 is 0 Å². The second-order valence-electron chi connectivity index (χ2n) is 7.41. The third-order valence-electron chi connectivity index (χ3n) is 5.06. The zero-order valence-corrected chi connectivity index (χ0v) is 17.2. The third kappa shape index (κ3) is 4.15. The second kappa shape index (κ2) is 8.18. The highest BCUT2D eigenvalue weighted by molar-refractivity contribution is 5.66. The minimum Gasteiger partial charge on any atom is -0.508 e. The molecular weight excluding hydrogens is 452 g/mol. The summed E-state index contributed by atoms with van der Waals surface area (Å²) in [6.07, 6.45) is -1.56. The van der Waals surface area contributed by atoms with Gasteiger partial charge in [0.05, 0.1) is 41.5 Å². The van der Waals surface area contributed by atoms with E-state index in [2.05, 4.69) is 25.3 Å². The van der Waals surface area contributed by atoms with Crippen molar-refractivity contribution >= 4 is 0 Å². The summed E-state index contributed by atoms with van der Waals surface area (Å²) >= 11 is 0. The lowest BCUT2D eigenvalue weighted by molar-refractivity contribution is -0.137. The molecular formula is C23H14F4N6O. The van der Waals surface area contributed by atoms with E-state index in [1.165, 1.54) is 29.1 Å². The molecule has 2 aliphatic heterocycles. The van der Waals surface area contributed by atoms with E-state index in [1.807, 2.05) is 0 Å². The van der Waals surface area contributed by atoms with Crippen LogP contribution in [0.15, 0.2) is 67.0 Å². The van der Waals surface area contributed by atoms with Crippen LogP contribution in [0.1, 0.15) is 11.3 Å². The van der Waals surface area contributed by atoms with Gasteiger partial charge in [0.1, 0.15) is 23.0 Å². The number of nitrogens with zero attached hydrogens (tertiary/aromatic N) is 6. The van der Waals surface area contributed by atoms with E-state index >= 15 is 0 Å². The van der Waals surface area contributed by atoms with Crippen LogP contribution in [-0.2, 0) is 12.7 Å². The summed E-state index contributed by atoms with van der Waals surface area (Å²) in [6.45, 7) is 0.173. The molecule has 0 bridgehead atoms. The van der Waals surface area contributed by atoms with Gasteiger partial charge in [-0.05, 0) is 42.5 Å². The molecule has 0 fully saturated rings. The molecule has 7 nitrogen and oxygen atoms in total. The molecule has 0 saturated heterocycles. The molecule has 0 amide bonds. The molecule has 34 heavy (non-hydrogen) atoms. The van der Waals surface area contributed by atoms with Gasteiger partial charge in [0, 0.05) is 5.56 Å². The molecule has 2 aromatic carbocycles. The standard InChI is InChI=1S/C23H14F4N6O/c24-18-4-2-1-3-16(18)22-29-20-10-28-33(12-21(20)30-22)11-13-5-8-19(32-31-13)15-7-6-14(34)9-17(15)23(25,26)27/h1-10,12,34H,11H2. The van der Waals surface area contributed by atoms with E-state index in [4.69, 9.17) is 0 Å². The summed E-state index contributed by atoms with van der Waals surface area (Å²) in [5, 5.41) is 21.6. The molecule has 0 unspecified atom stereocenters. The molecule has 0 aliphatic carbocycles. The van der Waals surface area contributed by atoms with Gasteiger partial charge >= 0.3 is 6.18 Å². The van der Waals surface area contributed by atoms with Crippen LogP contribution in [0.4, 0.5) is 17.6 Å². The van der Waals surface area contributed by atoms with E-state index in [0.717, 1.165) is 12.1 Å². The molecule has 0 atom stereocenters. The van der Waals surface area contributed by atoms with Crippen molar-refractivity contribution in [2.75, 3.05) is 0 Å². The first kappa shape index (κ1) is 21.4. The smallest absolute Gasteiger partial charge is 0.417 e. The maximum atomic E-state index is 14.0. The summed E-state index contributed by atoms with van der Waals surface area (Å²) in [7, 11) is 0. The van der Waals surface area contributed by atoms with Gasteiger partial charge in [-0.1, -0.05) is 12.1 Å². The number of fused-ring (bicyclic) bond motifs is 1. The van der Waals surface area contributed by atoms with Crippen LogP contribution in [-0.4, -0.2) is 35.1 Å². The van der Waals surface area contributed by atoms with Gasteiger partial charge in [-0.3, -0.25) is 4.68 Å². The Balaban J connectivity index is 1.40. The van der Waals surface area contributed by atoms with Crippen LogP contribution in [0.25, 0.3) is 34.0 Å². The summed E-state index contributed by atoms with van der Waals surface area (Å²) in [4.78, 5) is 8.67. The number of imidazole rings is 1. The Bertz CT molecular complexity index is 1450. The van der Waals surface area contributed by atoms with E-state index < -0.39 is 23.3 Å². The lowest BCUT2D eigenvalue weighted by Gasteiger charge is -2.13. The number of phenolic OH excluding ortho intramolecular Hbond substituents is 1. The fraction of sp³-hybridized carbons (Fsp3) is 0.0870. The fourth-order valence-corrected chi connectivity index (χ4v) is 3.45. The average Bonchev–Trinajstić information content (AvgIpc) is 3.22. The van der Waals surface area contributed by atoms with Gasteiger partial charge < -0.3 is 5.11 Å². The number of rotatable bonds is 4. The Kier molecular flexibility index (Phi) is 5.16. The molecule has 0 radical (unpaired) electrons. The van der Waals surface area contributed by atoms with Crippen molar-refractivity contribution in [1.82, 2.24) is 29.9 Å². The van der Waals surface area contributed by atoms with Crippen molar-refractivity contribution in [2.24, 2.45) is 0 Å². The molecule has 0 saturated carbocycles. The molecule has 1 N–H and O–H groups in total. The Hall–Kier alpha value is -4.41. The number of aromatic hydroxyl groups is 1. The van der Waals surface area contributed by atoms with Gasteiger partial charge in [0.15, 0.2) is 5.82 Å². The van der Waals surface area contributed by atoms with Crippen LogP contribution < -0.4 is 0 Å². The van der Waals surface area contributed by atoms with E-state index in [-0.39, 0.29) is 29.2 Å². The van der Waals surface area contributed by atoms with Crippen molar-refractivity contribution in [1.29, 1.82) is 0 Å². The minimum absolute atomic E-state index is 0.0147. The second-order valence-corrected chi connectivity index (χ2v) is 7.41. The Morgan fingerprint density at radius 1 is 0.853 bits per heavy atom. The first-order valence-corrected chi connectivity index (χ1v) is 9.96. The van der Waals surface area contributed by atoms with Crippen molar-refractivity contribution < 1.29 is 22.7 Å². The molecule has 3 aromatic rings. The van der Waals surface area contributed by atoms with Crippen molar-refractivity contribution in [2.45, 2.75) is 12.7 Å². The van der Waals surface area contributed by atoms with Crippen LogP contribution in [0.3, 0.4) is 0 Å². The van der Waals surface area contributed by atoms with Crippen LogP contribution in [0.5, 0.6) is 5.75 Å². The predicted molar refractivity (Wildman–Crippen MR) is 113 cm³/mol. The molecule has 1 aromatic heterocycles. The number of benzene rings is 2. The highest BCUT2D eigenvalue weighted by atomic mass is 19.4. The minimum atomic E-state index is -4.66. The lowest BCUT2D eigenvalue weighted by Crippen LogP contribution is -2.09. The first-order valence-electron chi connectivity index (χ1n) is 9.96. The maximum absolute atomic E-state index is 14.0. The lowest BCUT2D eigenvalue weighted by atomic mass is 10.0. The van der Waals surface area contributed by atoms with Gasteiger partial charge in [0.2, 0.25) is 0 Å². The SMILES string of the molecule is Oc1ccc(-c2ccc(Cn3cc4nc(-c5ccccc5F)nc-4cn3)nn2)c(C(F)(F)F)c1. The summed E-state index contributed by atoms with van der Waals surface area (Å²) in [5.74, 6) is -0.685. The molecule has 3 heterocycles. The third-order valence-corrected chi connectivity index (χ3v) is 5.06. The van der Waals surface area contributed by atoms with Gasteiger partial charge in [0.25, 0.3) is 0 Å². The van der Waals surface area contributed by atoms with Gasteiger partial charge in [-0.15, -0.1) is 0 Å². The molecule has 2 aliphatic rings. The van der Waals surface area contributed by atoms with E-state index in [1.54, 1.807) is 24.4 Å². The first-order chi connectivity index (χ1) is 16.3. The fourth-order valence-electron chi connectivity index (χ4n) is 3.45. The highest BCUT2D eigenvalue weighted by Gasteiger charge is 2.34. The van der Waals surface area contributed by atoms with E-state index in [9.17, 15) is 22.7 Å². The largest absolute Gasteiger partial charge is 0.508 e. The zero-order chi connectivity index (χ0) is 23.9. The molecule has 11 heteroatoms. The van der Waals surface area contributed by atoms with Crippen LogP contribution in [0.2, 0.25) is 0 Å². The molecule has 5 rings (SSSR count).